The molecular formula is C55H82N2. The van der Waals surface area contributed by atoms with E-state index in [2.05, 4.69) is 120 Å². The molecule has 2 heteroatoms. The molecule has 0 bridgehead atoms. The largest absolute Gasteiger partial charge is 0.399 e. The van der Waals surface area contributed by atoms with E-state index in [9.17, 15) is 0 Å². The predicted octanol–water partition coefficient (Wildman–Crippen LogP) is 16.9. The highest BCUT2D eigenvalue weighted by Crippen LogP contribution is 2.38. The van der Waals surface area contributed by atoms with Crippen LogP contribution in [0.4, 0.5) is 11.4 Å². The first-order valence-corrected chi connectivity index (χ1v) is 23.8. The van der Waals surface area contributed by atoms with Gasteiger partial charge in [-0.1, -0.05) is 210 Å². The smallest absolute Gasteiger partial charge is 0.0316 e. The van der Waals surface area contributed by atoms with Crippen molar-refractivity contribution in [2.45, 2.75) is 200 Å². The van der Waals surface area contributed by atoms with Gasteiger partial charge in [0.2, 0.25) is 0 Å². The normalized spacial score (nSPS) is 13.1. The molecule has 4 aromatic rings. The number of hydrogen-bond donors (Lipinski definition) is 2. The molecule has 57 heavy (non-hydrogen) atoms. The molecule has 0 aromatic heterocycles. The summed E-state index contributed by atoms with van der Waals surface area (Å²) < 4.78 is 0. The number of rotatable bonds is 29. The Balaban J connectivity index is 1.54. The van der Waals surface area contributed by atoms with Crippen molar-refractivity contribution >= 4 is 11.4 Å². The van der Waals surface area contributed by atoms with Crippen LogP contribution in [-0.4, -0.2) is 0 Å². The van der Waals surface area contributed by atoms with E-state index in [1.165, 1.54) is 192 Å². The number of hydrogen-bond acceptors (Lipinski definition) is 2. The molecule has 2 nitrogen and oxygen atoms in total. The van der Waals surface area contributed by atoms with Crippen LogP contribution in [-0.2, 0) is 0 Å². The van der Waals surface area contributed by atoms with Gasteiger partial charge in [-0.3, -0.25) is 0 Å². The summed E-state index contributed by atoms with van der Waals surface area (Å²) in [5.74, 6) is 1.20. The van der Waals surface area contributed by atoms with Gasteiger partial charge < -0.3 is 11.5 Å². The molecule has 0 radical (unpaired) electrons. The van der Waals surface area contributed by atoms with Crippen LogP contribution in [0.2, 0.25) is 0 Å². The van der Waals surface area contributed by atoms with Crippen LogP contribution < -0.4 is 11.5 Å². The van der Waals surface area contributed by atoms with Crippen LogP contribution in [0.5, 0.6) is 0 Å². The third-order valence-corrected chi connectivity index (χ3v) is 12.9. The molecule has 0 aliphatic heterocycles. The standard InChI is InChI=1S/C55H82N2/c1-6-9-12-15-17-19-21-24-27-54(51-39-37-49(56)41-43(51)4)47-33-29-45(30-34-47)53(26-23-14-11-8-3)46-31-35-48(36-32-46)55(52-40-38-50(57)42-44(52)5)28-25-22-20-18-16-13-10-7-2/h29-42,53-55H,6-28,56-57H2,1-5H3. The van der Waals surface area contributed by atoms with E-state index in [1.807, 2.05) is 0 Å². The third kappa shape index (κ3) is 15.6. The lowest BCUT2D eigenvalue weighted by Crippen LogP contribution is -2.07. The Morgan fingerprint density at radius 2 is 0.596 bits per heavy atom. The van der Waals surface area contributed by atoms with Gasteiger partial charge in [-0.05, 0) is 102 Å². The van der Waals surface area contributed by atoms with Gasteiger partial charge in [0.25, 0.3) is 0 Å². The lowest BCUT2D eigenvalue weighted by molar-refractivity contribution is 0.550. The van der Waals surface area contributed by atoms with E-state index < -0.39 is 0 Å². The van der Waals surface area contributed by atoms with E-state index in [-0.39, 0.29) is 0 Å². The fraction of sp³-hybridized carbons (Fsp3) is 0.564. The Morgan fingerprint density at radius 1 is 0.333 bits per heavy atom. The third-order valence-electron chi connectivity index (χ3n) is 12.9. The fourth-order valence-electron chi connectivity index (χ4n) is 9.37. The highest BCUT2D eigenvalue weighted by atomic mass is 14.5. The van der Waals surface area contributed by atoms with Gasteiger partial charge >= 0.3 is 0 Å². The molecule has 2 atom stereocenters. The first-order valence-electron chi connectivity index (χ1n) is 23.8. The second-order valence-electron chi connectivity index (χ2n) is 17.6. The van der Waals surface area contributed by atoms with Crippen molar-refractivity contribution in [2.24, 2.45) is 0 Å². The molecule has 0 fully saturated rings. The van der Waals surface area contributed by atoms with Crippen LogP contribution in [0.15, 0.2) is 84.9 Å². The molecule has 0 spiro atoms. The number of unbranched alkanes of at least 4 members (excludes halogenated alkanes) is 17. The Bertz CT molecular complexity index is 1530. The fourth-order valence-corrected chi connectivity index (χ4v) is 9.37. The molecule has 0 amide bonds. The Morgan fingerprint density at radius 3 is 0.912 bits per heavy atom. The van der Waals surface area contributed by atoms with Gasteiger partial charge in [0.05, 0.1) is 0 Å². The van der Waals surface area contributed by atoms with Gasteiger partial charge in [0.15, 0.2) is 0 Å². The van der Waals surface area contributed by atoms with Crippen molar-refractivity contribution in [1.29, 1.82) is 0 Å². The minimum absolute atomic E-state index is 0.400. The second kappa shape index (κ2) is 26.5. The number of benzene rings is 4. The Hall–Kier alpha value is -3.52. The summed E-state index contributed by atoms with van der Waals surface area (Å²) in [4.78, 5) is 0. The highest BCUT2D eigenvalue weighted by molar-refractivity contribution is 5.50. The summed E-state index contributed by atoms with van der Waals surface area (Å²) in [6, 6.07) is 32.8. The monoisotopic (exact) mass is 771 g/mol. The molecule has 0 heterocycles. The van der Waals surface area contributed by atoms with Crippen molar-refractivity contribution < 1.29 is 0 Å². The summed E-state index contributed by atoms with van der Waals surface area (Å²) in [5.41, 5.74) is 25.5. The molecule has 4 N–H and O–H groups in total. The molecule has 0 saturated heterocycles. The van der Waals surface area contributed by atoms with Gasteiger partial charge in [0, 0.05) is 29.1 Å². The van der Waals surface area contributed by atoms with Gasteiger partial charge in [0.1, 0.15) is 0 Å². The zero-order chi connectivity index (χ0) is 40.7. The first-order chi connectivity index (χ1) is 27.9. The quantitative estimate of drug-likeness (QED) is 0.0427. The molecule has 312 valence electrons. The lowest BCUT2D eigenvalue weighted by atomic mass is 9.80. The highest BCUT2D eigenvalue weighted by Gasteiger charge is 2.21. The molecule has 4 rings (SSSR count). The van der Waals surface area contributed by atoms with Crippen LogP contribution in [0.25, 0.3) is 0 Å². The number of anilines is 2. The van der Waals surface area contributed by atoms with Crippen LogP contribution >= 0.6 is 0 Å². The maximum Gasteiger partial charge on any atom is 0.0316 e. The Labute approximate surface area is 351 Å². The summed E-state index contributed by atoms with van der Waals surface area (Å²) in [5, 5.41) is 0. The summed E-state index contributed by atoms with van der Waals surface area (Å²) in [7, 11) is 0. The topological polar surface area (TPSA) is 52.0 Å². The number of nitrogens with two attached hydrogens (primary N) is 2. The van der Waals surface area contributed by atoms with E-state index in [0.29, 0.717) is 17.8 Å². The zero-order valence-corrected chi connectivity index (χ0v) is 37.2. The minimum Gasteiger partial charge on any atom is -0.399 e. The van der Waals surface area contributed by atoms with E-state index in [1.54, 1.807) is 0 Å². The van der Waals surface area contributed by atoms with Crippen LogP contribution in [0.1, 0.15) is 231 Å². The molecule has 0 aliphatic rings. The number of nitrogen functional groups attached to an aromatic ring is 2. The van der Waals surface area contributed by atoms with Gasteiger partial charge in [-0.15, -0.1) is 0 Å². The summed E-state index contributed by atoms with van der Waals surface area (Å²) >= 11 is 0. The maximum absolute atomic E-state index is 6.24. The SMILES string of the molecule is CCCCCCCCCCC(c1ccc(C(CCCCCC)c2ccc(C(CCCCCCCCCC)c3ccc(N)cc3C)cc2)cc1)c1ccc(N)cc1C. The van der Waals surface area contributed by atoms with Crippen LogP contribution in [0, 0.1) is 13.8 Å². The summed E-state index contributed by atoms with van der Waals surface area (Å²) in [6.45, 7) is 11.4. The van der Waals surface area contributed by atoms with Crippen molar-refractivity contribution in [2.75, 3.05) is 11.5 Å². The molecular weight excluding hydrogens is 689 g/mol. The zero-order valence-electron chi connectivity index (χ0n) is 37.2. The van der Waals surface area contributed by atoms with Crippen molar-refractivity contribution in [3.05, 3.63) is 129 Å². The van der Waals surface area contributed by atoms with Crippen molar-refractivity contribution in [1.82, 2.24) is 0 Å². The van der Waals surface area contributed by atoms with E-state index >= 15 is 0 Å². The van der Waals surface area contributed by atoms with Gasteiger partial charge in [-0.2, -0.15) is 0 Å². The lowest BCUT2D eigenvalue weighted by Gasteiger charge is -2.24. The minimum atomic E-state index is 0.400. The van der Waals surface area contributed by atoms with Crippen LogP contribution in [0.3, 0.4) is 0 Å². The average molecular weight is 771 g/mol. The molecule has 0 saturated carbocycles. The molecule has 4 aromatic carbocycles. The van der Waals surface area contributed by atoms with Crippen molar-refractivity contribution in [3.63, 3.8) is 0 Å². The maximum atomic E-state index is 6.24. The summed E-state index contributed by atoms with van der Waals surface area (Å²) in [6.07, 6.45) is 30.3. The average Bonchev–Trinajstić information content (AvgIpc) is 3.21. The predicted molar refractivity (Wildman–Crippen MR) is 253 cm³/mol. The van der Waals surface area contributed by atoms with E-state index in [0.717, 1.165) is 11.4 Å². The second-order valence-corrected chi connectivity index (χ2v) is 17.6. The van der Waals surface area contributed by atoms with Crippen molar-refractivity contribution in [3.8, 4) is 0 Å². The first kappa shape index (κ1) is 46.2. The van der Waals surface area contributed by atoms with Gasteiger partial charge in [-0.25, -0.2) is 0 Å². The Kier molecular flexibility index (Phi) is 21.4. The molecule has 0 aliphatic carbocycles. The van der Waals surface area contributed by atoms with E-state index in [4.69, 9.17) is 11.5 Å². The molecule has 2 unspecified atom stereocenters. The number of aryl methyl sites for hydroxylation is 2.